The Kier molecular flexibility index (Phi) is 3.98. The van der Waals surface area contributed by atoms with E-state index in [4.69, 9.17) is 9.15 Å². The zero-order valence-corrected chi connectivity index (χ0v) is 13.0. The number of aromatic nitrogens is 1. The van der Waals surface area contributed by atoms with Gasteiger partial charge in [-0.1, -0.05) is 5.11 Å². The summed E-state index contributed by atoms with van der Waals surface area (Å²) in [6.07, 6.45) is 0.315. The Balaban J connectivity index is 1.87. The first-order valence-electron chi connectivity index (χ1n) is 7.12. The van der Waals surface area contributed by atoms with Gasteiger partial charge in [0, 0.05) is 33.0 Å². The molecule has 1 amide bonds. The number of rotatable bonds is 3. The number of hydrogen-bond acceptors (Lipinski definition) is 8. The van der Waals surface area contributed by atoms with Crippen LogP contribution in [0.25, 0.3) is 11.1 Å². The lowest BCUT2D eigenvalue weighted by atomic mass is 10.2. The van der Waals surface area contributed by atoms with Gasteiger partial charge in [-0.25, -0.2) is 0 Å². The Hall–Kier alpha value is -3.23. The highest BCUT2D eigenvalue weighted by atomic mass is 16.5. The quantitative estimate of drug-likeness (QED) is 0.525. The number of likely N-dealkylation sites (N-methyl/N-ethyl adjacent to an activating group) is 1. The van der Waals surface area contributed by atoms with Crippen LogP contribution in [-0.2, 0) is 9.59 Å². The topological polar surface area (TPSA) is 118 Å². The number of nitrogens with zero attached hydrogens (tertiary/aromatic N) is 4. The first kappa shape index (κ1) is 15.7. The number of hydrogen-bond donors (Lipinski definition) is 1. The van der Waals surface area contributed by atoms with Gasteiger partial charge in [0.05, 0.1) is 0 Å². The van der Waals surface area contributed by atoms with Crippen LogP contribution in [-0.4, -0.2) is 40.5 Å². The van der Waals surface area contributed by atoms with Gasteiger partial charge in [-0.15, -0.1) is 5.11 Å². The second-order valence-electron chi connectivity index (χ2n) is 5.19. The monoisotopic (exact) mass is 330 g/mol. The van der Waals surface area contributed by atoms with Crippen LogP contribution in [0.5, 0.6) is 5.75 Å². The Morgan fingerprint density at radius 1 is 1.42 bits per heavy atom. The molecule has 0 spiro atoms. The summed E-state index contributed by atoms with van der Waals surface area (Å²) >= 11 is 0. The van der Waals surface area contributed by atoms with Gasteiger partial charge in [0.1, 0.15) is 17.0 Å². The Labute approximate surface area is 136 Å². The molecule has 0 fully saturated rings. The summed E-state index contributed by atoms with van der Waals surface area (Å²) in [6.45, 7) is 1.72. The van der Waals surface area contributed by atoms with Crippen molar-refractivity contribution in [2.75, 3.05) is 13.6 Å². The van der Waals surface area contributed by atoms with E-state index in [-0.39, 0.29) is 17.5 Å². The van der Waals surface area contributed by atoms with E-state index in [9.17, 15) is 14.7 Å². The van der Waals surface area contributed by atoms with Gasteiger partial charge in [-0.05, 0) is 12.1 Å². The van der Waals surface area contributed by atoms with E-state index >= 15 is 0 Å². The normalized spacial score (nSPS) is 15.6. The van der Waals surface area contributed by atoms with Crippen molar-refractivity contribution in [1.82, 2.24) is 9.88 Å². The fraction of sp³-hybridized carbons (Fsp3) is 0.267. The molecule has 0 radical (unpaired) electrons. The predicted octanol–water partition coefficient (Wildman–Crippen LogP) is 2.47. The summed E-state index contributed by atoms with van der Waals surface area (Å²) in [5.41, 5.74) is 0.713. The molecule has 0 unspecified atom stereocenters. The summed E-state index contributed by atoms with van der Waals surface area (Å²) in [7, 11) is 1.61. The third-order valence-corrected chi connectivity index (χ3v) is 3.35. The van der Waals surface area contributed by atoms with Crippen LogP contribution in [0, 0.1) is 0 Å². The minimum Gasteiger partial charge on any atom is -0.510 e. The number of amides is 1. The average molecular weight is 330 g/mol. The summed E-state index contributed by atoms with van der Waals surface area (Å²) in [5, 5.41) is 17.3. The Morgan fingerprint density at radius 2 is 2.21 bits per heavy atom. The molecule has 3 rings (SSSR count). The third-order valence-electron chi connectivity index (χ3n) is 3.35. The number of aliphatic hydroxyl groups excluding tert-OH is 1. The molecule has 0 atom stereocenters. The minimum absolute atomic E-state index is 0.0775. The number of azo groups is 1. The van der Waals surface area contributed by atoms with Gasteiger partial charge in [0.15, 0.2) is 11.3 Å². The number of esters is 1. The van der Waals surface area contributed by atoms with Crippen molar-refractivity contribution >= 4 is 29.0 Å². The Bertz CT molecular complexity index is 883. The molecule has 0 saturated heterocycles. The molecular formula is C15H14N4O5. The molecule has 124 valence electrons. The van der Waals surface area contributed by atoms with Crippen LogP contribution in [0.2, 0.25) is 0 Å². The molecule has 0 saturated carbocycles. The van der Waals surface area contributed by atoms with Crippen molar-refractivity contribution < 1.29 is 23.8 Å². The minimum atomic E-state index is -0.448. The molecule has 0 bridgehead atoms. The number of carbonyl (C=O) groups is 2. The molecule has 9 heteroatoms. The largest absolute Gasteiger partial charge is 0.510 e. The number of fused-ring (bicyclic) bond motifs is 1. The first-order chi connectivity index (χ1) is 11.4. The smallest absolute Gasteiger partial charge is 0.341 e. The van der Waals surface area contributed by atoms with Crippen molar-refractivity contribution in [3.05, 3.63) is 29.7 Å². The summed E-state index contributed by atoms with van der Waals surface area (Å²) in [6, 6.07) is 4.60. The molecule has 1 aromatic heterocycles. The number of ether oxygens (including phenoxy) is 1. The van der Waals surface area contributed by atoms with Crippen LogP contribution in [0.4, 0.5) is 6.01 Å². The van der Waals surface area contributed by atoms with Crippen molar-refractivity contribution in [1.29, 1.82) is 0 Å². The summed E-state index contributed by atoms with van der Waals surface area (Å²) in [4.78, 5) is 28.4. The highest BCUT2D eigenvalue weighted by Gasteiger charge is 2.24. The maximum atomic E-state index is 11.9. The van der Waals surface area contributed by atoms with E-state index < -0.39 is 11.9 Å². The molecule has 1 N–H and O–H groups in total. The maximum Gasteiger partial charge on any atom is 0.341 e. The molecule has 24 heavy (non-hydrogen) atoms. The molecule has 2 heterocycles. The molecule has 1 aliphatic heterocycles. The lowest BCUT2D eigenvalue weighted by Crippen LogP contribution is -2.33. The number of carbonyl (C=O) groups excluding carboxylic acids is 2. The molecule has 0 aliphatic carbocycles. The van der Waals surface area contributed by atoms with Gasteiger partial charge < -0.3 is 19.2 Å². The van der Waals surface area contributed by atoms with E-state index in [1.807, 2.05) is 0 Å². The lowest BCUT2D eigenvalue weighted by molar-refractivity contribution is -0.132. The highest BCUT2D eigenvalue weighted by Crippen LogP contribution is 2.26. The second kappa shape index (κ2) is 6.11. The summed E-state index contributed by atoms with van der Waals surface area (Å²) in [5.74, 6) is -0.666. The predicted molar refractivity (Wildman–Crippen MR) is 81.7 cm³/mol. The van der Waals surface area contributed by atoms with Gasteiger partial charge in [-0.2, -0.15) is 4.98 Å². The third kappa shape index (κ3) is 3.09. The van der Waals surface area contributed by atoms with Crippen LogP contribution >= 0.6 is 0 Å². The van der Waals surface area contributed by atoms with Gasteiger partial charge in [0.25, 0.3) is 5.91 Å². The van der Waals surface area contributed by atoms with Crippen LogP contribution < -0.4 is 4.74 Å². The summed E-state index contributed by atoms with van der Waals surface area (Å²) < 4.78 is 10.3. The first-order valence-corrected chi connectivity index (χ1v) is 7.12. The molecule has 2 aromatic rings. The average Bonchev–Trinajstić information content (AvgIpc) is 2.92. The molecule has 1 aromatic carbocycles. The lowest BCUT2D eigenvalue weighted by Gasteiger charge is -2.21. The van der Waals surface area contributed by atoms with Crippen molar-refractivity contribution in [2.24, 2.45) is 10.2 Å². The van der Waals surface area contributed by atoms with Crippen molar-refractivity contribution in [3.63, 3.8) is 0 Å². The van der Waals surface area contributed by atoms with Crippen LogP contribution in [0.1, 0.15) is 13.3 Å². The standard InChI is InChI=1S/C15H14N4O5/c1-8(20)23-9-3-4-10-12(7-9)24-15(16-10)18-17-13-11(21)5-6-19(2)14(13)22/h3-4,7,21H,5-6H2,1-2H3. The van der Waals surface area contributed by atoms with E-state index in [0.717, 1.165) is 0 Å². The van der Waals surface area contributed by atoms with Gasteiger partial charge in [0.2, 0.25) is 0 Å². The van der Waals surface area contributed by atoms with Crippen molar-refractivity contribution in [3.8, 4) is 5.75 Å². The van der Waals surface area contributed by atoms with Crippen LogP contribution in [0.3, 0.4) is 0 Å². The Morgan fingerprint density at radius 3 is 2.96 bits per heavy atom. The second-order valence-corrected chi connectivity index (χ2v) is 5.19. The fourth-order valence-corrected chi connectivity index (χ4v) is 2.16. The number of benzene rings is 1. The zero-order valence-electron chi connectivity index (χ0n) is 13.0. The SMILES string of the molecule is CC(=O)Oc1ccc2nc(N=NC3=C(O)CCN(C)C3=O)oc2c1. The van der Waals surface area contributed by atoms with Gasteiger partial charge in [-0.3, -0.25) is 9.59 Å². The number of aliphatic hydroxyl groups is 1. The van der Waals surface area contributed by atoms with E-state index in [2.05, 4.69) is 15.2 Å². The van der Waals surface area contributed by atoms with Gasteiger partial charge >= 0.3 is 12.0 Å². The van der Waals surface area contributed by atoms with E-state index in [1.54, 1.807) is 19.2 Å². The molecular weight excluding hydrogens is 316 g/mol. The van der Waals surface area contributed by atoms with E-state index in [1.165, 1.54) is 17.9 Å². The van der Waals surface area contributed by atoms with E-state index in [0.29, 0.717) is 29.8 Å². The molecule has 9 nitrogen and oxygen atoms in total. The zero-order chi connectivity index (χ0) is 17.3. The highest BCUT2D eigenvalue weighted by molar-refractivity contribution is 5.94. The van der Waals surface area contributed by atoms with Crippen LogP contribution in [0.15, 0.2) is 44.3 Å². The molecule has 1 aliphatic rings. The number of oxazole rings is 1. The maximum absolute atomic E-state index is 11.9. The fourth-order valence-electron chi connectivity index (χ4n) is 2.16. The van der Waals surface area contributed by atoms with Crippen molar-refractivity contribution in [2.45, 2.75) is 13.3 Å².